The maximum absolute atomic E-state index is 12.8. The first-order valence-corrected chi connectivity index (χ1v) is 7.24. The lowest BCUT2D eigenvalue weighted by molar-refractivity contribution is 0.103. The third-order valence-corrected chi connectivity index (χ3v) is 3.66. The van der Waals surface area contributed by atoms with E-state index < -0.39 is 0 Å². The Morgan fingerprint density at radius 3 is 2.05 bits per heavy atom. The van der Waals surface area contributed by atoms with Crippen molar-refractivity contribution in [3.8, 4) is 11.5 Å². The van der Waals surface area contributed by atoms with Gasteiger partial charge in [-0.3, -0.25) is 4.79 Å². The Morgan fingerprint density at radius 1 is 0.909 bits per heavy atom. The molecular weight excluding hydrogens is 276 g/mol. The van der Waals surface area contributed by atoms with Crippen LogP contribution in [-0.4, -0.2) is 20.0 Å². The van der Waals surface area contributed by atoms with Crippen LogP contribution in [0.3, 0.4) is 0 Å². The summed E-state index contributed by atoms with van der Waals surface area (Å²) in [6.45, 7) is 6.36. The number of hydrogen-bond donors (Lipinski definition) is 0. The number of ketones is 1. The summed E-state index contributed by atoms with van der Waals surface area (Å²) in [5.41, 5.74) is 2.27. The van der Waals surface area contributed by atoms with E-state index in [9.17, 15) is 4.79 Å². The topological polar surface area (TPSA) is 35.5 Å². The molecular formula is C19H22O3. The molecule has 0 saturated heterocycles. The molecule has 2 rings (SSSR count). The van der Waals surface area contributed by atoms with Gasteiger partial charge in [-0.2, -0.15) is 0 Å². The predicted molar refractivity (Wildman–Crippen MR) is 88.1 cm³/mol. The number of benzene rings is 2. The molecule has 3 heteroatoms. The average Bonchev–Trinajstić information content (AvgIpc) is 2.52. The molecule has 0 aliphatic rings. The van der Waals surface area contributed by atoms with E-state index in [0.29, 0.717) is 16.9 Å². The summed E-state index contributed by atoms with van der Waals surface area (Å²) in [5, 5.41) is 0. The van der Waals surface area contributed by atoms with Crippen LogP contribution in [0.15, 0.2) is 42.5 Å². The van der Waals surface area contributed by atoms with E-state index in [4.69, 9.17) is 9.47 Å². The Balaban J connectivity index is 2.46. The van der Waals surface area contributed by atoms with E-state index in [2.05, 4.69) is 20.8 Å². The molecule has 0 fully saturated rings. The molecule has 0 heterocycles. The van der Waals surface area contributed by atoms with Gasteiger partial charge in [0.1, 0.15) is 11.5 Å². The minimum atomic E-state index is -0.0504. The van der Waals surface area contributed by atoms with Gasteiger partial charge in [-0.15, -0.1) is 0 Å². The Hall–Kier alpha value is -2.29. The molecule has 0 aliphatic heterocycles. The first kappa shape index (κ1) is 16.1. The Morgan fingerprint density at radius 2 is 1.55 bits per heavy atom. The maximum atomic E-state index is 12.8. The Labute approximate surface area is 131 Å². The summed E-state index contributed by atoms with van der Waals surface area (Å²) in [4.78, 5) is 12.8. The van der Waals surface area contributed by atoms with Crippen LogP contribution in [0.4, 0.5) is 0 Å². The third-order valence-electron chi connectivity index (χ3n) is 3.66. The second-order valence-corrected chi connectivity index (χ2v) is 6.22. The number of carbonyl (C=O) groups is 1. The van der Waals surface area contributed by atoms with Crippen molar-refractivity contribution in [2.45, 2.75) is 26.2 Å². The largest absolute Gasteiger partial charge is 0.497 e. The van der Waals surface area contributed by atoms with Crippen LogP contribution in [0, 0.1) is 0 Å². The van der Waals surface area contributed by atoms with Crippen molar-refractivity contribution in [1.82, 2.24) is 0 Å². The highest BCUT2D eigenvalue weighted by Crippen LogP contribution is 2.29. The molecule has 116 valence electrons. The molecule has 0 bridgehead atoms. The molecule has 0 spiro atoms. The Bertz CT molecular complexity index is 664. The second-order valence-electron chi connectivity index (χ2n) is 6.22. The highest BCUT2D eigenvalue weighted by atomic mass is 16.5. The number of rotatable bonds is 4. The molecule has 0 unspecified atom stereocenters. The van der Waals surface area contributed by atoms with Gasteiger partial charge in [0, 0.05) is 5.56 Å². The lowest BCUT2D eigenvalue weighted by Crippen LogP contribution is -2.13. The van der Waals surface area contributed by atoms with Gasteiger partial charge >= 0.3 is 0 Å². The van der Waals surface area contributed by atoms with Gasteiger partial charge in [-0.05, 0) is 47.4 Å². The van der Waals surface area contributed by atoms with Crippen molar-refractivity contribution in [3.05, 3.63) is 59.2 Å². The van der Waals surface area contributed by atoms with Crippen LogP contribution >= 0.6 is 0 Å². The molecule has 2 aromatic rings. The van der Waals surface area contributed by atoms with Gasteiger partial charge in [0.2, 0.25) is 0 Å². The van der Waals surface area contributed by atoms with E-state index in [1.165, 1.54) is 0 Å². The quantitative estimate of drug-likeness (QED) is 0.792. The van der Waals surface area contributed by atoms with Crippen LogP contribution in [-0.2, 0) is 5.41 Å². The van der Waals surface area contributed by atoms with Crippen molar-refractivity contribution in [1.29, 1.82) is 0 Å². The first-order valence-electron chi connectivity index (χ1n) is 7.24. The van der Waals surface area contributed by atoms with Gasteiger partial charge in [0.15, 0.2) is 5.78 Å². The van der Waals surface area contributed by atoms with Gasteiger partial charge in [0.05, 0.1) is 19.8 Å². The minimum Gasteiger partial charge on any atom is -0.497 e. The van der Waals surface area contributed by atoms with Crippen molar-refractivity contribution in [2.24, 2.45) is 0 Å². The first-order chi connectivity index (χ1) is 10.4. The summed E-state index contributed by atoms with van der Waals surface area (Å²) in [6.07, 6.45) is 0. The fourth-order valence-corrected chi connectivity index (χ4v) is 2.25. The zero-order valence-electron chi connectivity index (χ0n) is 13.8. The number of carbonyl (C=O) groups excluding carboxylic acids is 1. The lowest BCUT2D eigenvalue weighted by atomic mass is 9.85. The van der Waals surface area contributed by atoms with Crippen molar-refractivity contribution in [2.75, 3.05) is 14.2 Å². The molecule has 22 heavy (non-hydrogen) atoms. The SMILES string of the molecule is COc1ccc(C(=O)c2cc(C(C)(C)C)ccc2OC)cc1. The molecule has 0 saturated carbocycles. The standard InChI is InChI=1S/C19H22O3/c1-19(2,3)14-8-11-17(22-5)16(12-14)18(20)13-6-9-15(21-4)10-7-13/h6-12H,1-5H3. The number of methoxy groups -OCH3 is 2. The monoisotopic (exact) mass is 298 g/mol. The summed E-state index contributed by atoms with van der Waals surface area (Å²) in [7, 11) is 3.18. The summed E-state index contributed by atoms with van der Waals surface area (Å²) < 4.78 is 10.5. The van der Waals surface area contributed by atoms with Crippen LogP contribution in [0.25, 0.3) is 0 Å². The fourth-order valence-electron chi connectivity index (χ4n) is 2.25. The van der Waals surface area contributed by atoms with E-state index in [0.717, 1.165) is 11.3 Å². The summed E-state index contributed by atoms with van der Waals surface area (Å²) >= 11 is 0. The smallest absolute Gasteiger partial charge is 0.196 e. The lowest BCUT2D eigenvalue weighted by Gasteiger charge is -2.20. The van der Waals surface area contributed by atoms with Gasteiger partial charge in [-0.1, -0.05) is 26.8 Å². The van der Waals surface area contributed by atoms with Gasteiger partial charge in [0.25, 0.3) is 0 Å². The normalized spacial score (nSPS) is 11.1. The van der Waals surface area contributed by atoms with Crippen LogP contribution in [0.5, 0.6) is 11.5 Å². The van der Waals surface area contributed by atoms with Crippen molar-refractivity contribution in [3.63, 3.8) is 0 Å². The molecule has 0 aromatic heterocycles. The highest BCUT2D eigenvalue weighted by molar-refractivity contribution is 6.10. The van der Waals surface area contributed by atoms with Gasteiger partial charge in [-0.25, -0.2) is 0 Å². The van der Waals surface area contributed by atoms with Crippen LogP contribution in [0.2, 0.25) is 0 Å². The van der Waals surface area contributed by atoms with E-state index in [1.54, 1.807) is 38.5 Å². The molecule has 2 aromatic carbocycles. The van der Waals surface area contributed by atoms with Crippen molar-refractivity contribution < 1.29 is 14.3 Å². The molecule has 0 N–H and O–H groups in total. The minimum absolute atomic E-state index is 0.0266. The zero-order chi connectivity index (χ0) is 16.3. The summed E-state index contributed by atoms with van der Waals surface area (Å²) in [6, 6.07) is 12.9. The van der Waals surface area contributed by atoms with Crippen molar-refractivity contribution >= 4 is 5.78 Å². The average molecular weight is 298 g/mol. The third kappa shape index (κ3) is 3.30. The molecule has 0 radical (unpaired) electrons. The van der Waals surface area contributed by atoms with Crippen LogP contribution in [0.1, 0.15) is 42.3 Å². The van der Waals surface area contributed by atoms with Crippen LogP contribution < -0.4 is 9.47 Å². The summed E-state index contributed by atoms with van der Waals surface area (Å²) in [5.74, 6) is 1.27. The molecule has 0 atom stereocenters. The zero-order valence-corrected chi connectivity index (χ0v) is 13.8. The fraction of sp³-hybridized carbons (Fsp3) is 0.316. The predicted octanol–water partition coefficient (Wildman–Crippen LogP) is 4.23. The number of ether oxygens (including phenoxy) is 2. The van der Waals surface area contributed by atoms with E-state index in [1.807, 2.05) is 18.2 Å². The number of hydrogen-bond acceptors (Lipinski definition) is 3. The molecule has 0 amide bonds. The Kier molecular flexibility index (Phi) is 4.55. The molecule has 3 nitrogen and oxygen atoms in total. The van der Waals surface area contributed by atoms with Gasteiger partial charge < -0.3 is 9.47 Å². The highest BCUT2D eigenvalue weighted by Gasteiger charge is 2.20. The van der Waals surface area contributed by atoms with E-state index >= 15 is 0 Å². The second kappa shape index (κ2) is 6.22. The van der Waals surface area contributed by atoms with E-state index in [-0.39, 0.29) is 11.2 Å². The maximum Gasteiger partial charge on any atom is 0.196 e. The molecule has 0 aliphatic carbocycles.